The lowest BCUT2D eigenvalue weighted by molar-refractivity contribution is -0.197. The van der Waals surface area contributed by atoms with Crippen LogP contribution in [0.1, 0.15) is 69.9 Å². The monoisotopic (exact) mass is 1580 g/mol. The number of methoxy groups -OCH3 is 2. The molecule has 3 aliphatic rings. The number of nitrogens with one attached hydrogen (secondary N) is 1. The van der Waals surface area contributed by atoms with Crippen LogP contribution in [0.25, 0.3) is 21.5 Å². The average molecular weight is 1580 g/mol. The van der Waals surface area contributed by atoms with Crippen LogP contribution in [0.3, 0.4) is 0 Å². The first-order valence-electron chi connectivity index (χ1n) is 32.8. The van der Waals surface area contributed by atoms with E-state index in [0.29, 0.717) is 70.1 Å². The zero-order valence-corrected chi connectivity index (χ0v) is 62.2. The number of aliphatic hydroxyl groups is 1. The van der Waals surface area contributed by atoms with Gasteiger partial charge in [-0.25, -0.2) is 4.79 Å². The first kappa shape index (κ1) is 85.4. The number of amides is 2. The van der Waals surface area contributed by atoms with E-state index in [4.69, 9.17) is 52.2 Å². The molecule has 34 nitrogen and oxygen atoms in total. The highest BCUT2D eigenvalue weighted by atomic mass is 32.2. The van der Waals surface area contributed by atoms with Gasteiger partial charge in [-0.05, 0) is 109 Å². The molecule has 7 N–H and O–H groups in total. The second kappa shape index (κ2) is 37.8. The van der Waals surface area contributed by atoms with Gasteiger partial charge in [0.05, 0.1) is 139 Å². The van der Waals surface area contributed by atoms with Crippen LogP contribution < -0.4 is 10.2 Å². The third-order valence-electron chi connectivity index (χ3n) is 17.3. The Morgan fingerprint density at radius 2 is 1.06 bits per heavy atom. The van der Waals surface area contributed by atoms with E-state index in [1.165, 1.54) is 44.4 Å². The summed E-state index contributed by atoms with van der Waals surface area (Å²) in [6, 6.07) is 8.10. The molecule has 2 atom stereocenters. The van der Waals surface area contributed by atoms with Crippen molar-refractivity contribution in [3.63, 3.8) is 0 Å². The van der Waals surface area contributed by atoms with Crippen molar-refractivity contribution in [1.82, 2.24) is 5.06 Å². The molecule has 2 amide bonds. The number of rotatable bonds is 48. The number of carbonyl (C=O) groups excluding carboxylic acids is 4. The van der Waals surface area contributed by atoms with Crippen molar-refractivity contribution in [3.8, 4) is 0 Å². The summed E-state index contributed by atoms with van der Waals surface area (Å²) in [4.78, 5) is 56.0. The van der Waals surface area contributed by atoms with E-state index >= 15 is 4.79 Å². The lowest BCUT2D eigenvalue weighted by atomic mass is 9.69. The van der Waals surface area contributed by atoms with Crippen LogP contribution in [0.4, 0.5) is 11.4 Å². The smallest absolute Gasteiger partial charge is 0.333 e. The summed E-state index contributed by atoms with van der Waals surface area (Å²) in [5, 5.41) is 14.8. The van der Waals surface area contributed by atoms with Crippen LogP contribution in [0.15, 0.2) is 115 Å². The lowest BCUT2D eigenvalue weighted by Crippen LogP contribution is -2.34. The fraction of sp³-hybridized carbons (Fsp3) is 0.515. The highest BCUT2D eigenvalue weighted by molar-refractivity contribution is 7.87. The quantitative estimate of drug-likeness (QED) is 0.0131. The minimum atomic E-state index is -5.34. The number of benzene rings is 4. The normalized spacial score (nSPS) is 17.4. The highest BCUT2D eigenvalue weighted by Gasteiger charge is 2.48. The molecular formula is C66H87N3O31S5. The summed E-state index contributed by atoms with van der Waals surface area (Å²) < 4.78 is 236. The predicted molar refractivity (Wildman–Crippen MR) is 375 cm³/mol. The number of Topliss-reactive ketones (excluding diaryl/α,β-unsaturated/α-hetero) is 1. The standard InChI is InChI=1S/C66H87N3O31S5/c1-44(65(2,15-7-37-101(75,76)77)61-49-39-45(102(78,79)80)41-55(104(84,85)86)47(49)9-11-53(61)67-17-20-93-26-28-97-33-34-99-36-35-98-32-30-95-24-22-91-5)38-51-63(73)52(64(51)74)43-57-66(3,16-19-92-25-27-96-31-29-94-23-21-90-4)62-50-40-46(103(81,82)83)42-56(105(87,88)89)48(50)10-12-54(62)68(57)18-6-8-60(72)100-69-58(70)13-14-59(69)71/h9-12,38-43,67,73H,1,6-8,13-37H2,2-5H3,(H,75,76,77)(H,78,79,80)(H,81,82,83)(H,84,85,86)(H,87,88,89)/b51-38-,57-43+. The third-order valence-corrected chi connectivity index (χ3v) is 21.5. The molecule has 4 aromatic rings. The molecule has 2 aliphatic heterocycles. The molecule has 2 heterocycles. The zero-order valence-electron chi connectivity index (χ0n) is 58.1. The Hall–Kier alpha value is -6.81. The van der Waals surface area contributed by atoms with Gasteiger partial charge in [0.15, 0.2) is 0 Å². The van der Waals surface area contributed by atoms with Gasteiger partial charge in [-0.15, -0.1) is 5.06 Å². The maximum atomic E-state index is 15.1. The molecule has 0 spiro atoms. The molecular weight excluding hydrogens is 1490 g/mol. The molecule has 7 rings (SSSR count). The minimum absolute atomic E-state index is 0.0195. The topological polar surface area (TPSA) is 480 Å². The Kier molecular flexibility index (Phi) is 30.8. The van der Waals surface area contributed by atoms with Crippen LogP contribution in [0.5, 0.6) is 0 Å². The molecule has 1 fully saturated rings. The van der Waals surface area contributed by atoms with Gasteiger partial charge in [0, 0.05) is 91.9 Å². The maximum Gasteiger partial charge on any atom is 0.333 e. The molecule has 0 bridgehead atoms. The number of carbonyl (C=O) groups is 4. The number of fused-ring (bicyclic) bond motifs is 4. The largest absolute Gasteiger partial charge is 0.506 e. The molecule has 39 heteroatoms. The van der Waals surface area contributed by atoms with Crippen LogP contribution in [0.2, 0.25) is 0 Å². The second-order valence-electron chi connectivity index (χ2n) is 24.5. The summed E-state index contributed by atoms with van der Waals surface area (Å²) in [6.45, 7) is 10.9. The lowest BCUT2D eigenvalue weighted by Gasteiger charge is -2.36. The van der Waals surface area contributed by atoms with Crippen LogP contribution in [0, 0.1) is 0 Å². The number of ether oxygens (including phenoxy) is 10. The van der Waals surface area contributed by atoms with E-state index in [1.807, 2.05) is 0 Å². The molecule has 0 radical (unpaired) electrons. The summed E-state index contributed by atoms with van der Waals surface area (Å²) in [6.07, 6.45) is 0.365. The molecule has 0 aromatic heterocycles. The van der Waals surface area contributed by atoms with Crippen molar-refractivity contribution in [3.05, 3.63) is 107 Å². The maximum absolute atomic E-state index is 15.1. The number of imide groups is 1. The molecule has 1 saturated heterocycles. The van der Waals surface area contributed by atoms with Crippen molar-refractivity contribution in [1.29, 1.82) is 0 Å². The van der Waals surface area contributed by atoms with Crippen molar-refractivity contribution in [2.45, 2.75) is 89.2 Å². The number of aliphatic hydroxyl groups excluding tert-OH is 1. The fourth-order valence-corrected chi connectivity index (χ4v) is 15.3. The number of nitrogens with zero attached hydrogens (tertiary/aromatic N) is 2. The number of anilines is 2. The van der Waals surface area contributed by atoms with Crippen molar-refractivity contribution < 1.29 is 141 Å². The molecule has 2 unspecified atom stereocenters. The average Bonchev–Trinajstić information content (AvgIpc) is 1.60. The molecule has 1 aliphatic carbocycles. The first-order valence-corrected chi connectivity index (χ1v) is 40.2. The van der Waals surface area contributed by atoms with Gasteiger partial charge in [-0.3, -0.25) is 37.1 Å². The van der Waals surface area contributed by atoms with Gasteiger partial charge in [0.25, 0.3) is 62.4 Å². The molecule has 582 valence electrons. The van der Waals surface area contributed by atoms with Gasteiger partial charge in [0.2, 0.25) is 5.78 Å². The Balaban J connectivity index is 1.30. The van der Waals surface area contributed by atoms with Crippen LogP contribution >= 0.6 is 0 Å². The van der Waals surface area contributed by atoms with E-state index in [-0.39, 0.29) is 160 Å². The Morgan fingerprint density at radius 3 is 1.52 bits per heavy atom. The van der Waals surface area contributed by atoms with E-state index in [1.54, 1.807) is 18.9 Å². The summed E-state index contributed by atoms with van der Waals surface area (Å²) in [5.41, 5.74) is -4.13. The summed E-state index contributed by atoms with van der Waals surface area (Å²) in [7, 11) is -22.9. The number of hydroxylamine groups is 2. The number of hydrogen-bond acceptors (Lipinski definition) is 28. The number of hydrogen-bond donors (Lipinski definition) is 7. The predicted octanol–water partition coefficient (Wildman–Crippen LogP) is 5.06. The van der Waals surface area contributed by atoms with E-state index < -0.39 is 146 Å². The van der Waals surface area contributed by atoms with Gasteiger partial charge in [0.1, 0.15) is 15.6 Å². The van der Waals surface area contributed by atoms with Gasteiger partial charge < -0.3 is 67.5 Å². The van der Waals surface area contributed by atoms with Crippen molar-refractivity contribution in [2.75, 3.05) is 162 Å². The Morgan fingerprint density at radius 1 is 0.600 bits per heavy atom. The SMILES string of the molecule is C=C(/C=C1\C(=O)C(/C=C2/N(CCCC(=O)ON3C(=O)CCC3=O)c3ccc4c(S(=O)(=O)O)cc(S(=O)(=O)O)cc4c3C2(C)CCOCCOCCOCCOC)=C1O)C(C)(CCCS(=O)(=O)O)c1c(NCCOCCOCCOCCOCCOCCOC)ccc2c(S(=O)(=O)O)cc(S(=O)(=O)O)cc12. The van der Waals surface area contributed by atoms with E-state index in [2.05, 4.69) is 11.9 Å². The fourth-order valence-electron chi connectivity index (χ4n) is 12.1. The minimum Gasteiger partial charge on any atom is -0.506 e. The van der Waals surface area contributed by atoms with Gasteiger partial charge in [-0.1, -0.05) is 25.6 Å². The second-order valence-corrected chi connectivity index (χ2v) is 31.7. The van der Waals surface area contributed by atoms with Gasteiger partial charge in [-0.2, -0.15) is 42.1 Å². The number of allylic oxidation sites excluding steroid dienone is 6. The van der Waals surface area contributed by atoms with Crippen LogP contribution in [-0.4, -0.2) is 251 Å². The molecule has 105 heavy (non-hydrogen) atoms. The molecule has 0 saturated carbocycles. The summed E-state index contributed by atoms with van der Waals surface area (Å²) >= 11 is 0. The first-order chi connectivity index (χ1) is 49.5. The Bertz CT molecular complexity index is 4530. The Labute approximate surface area is 608 Å². The van der Waals surface area contributed by atoms with E-state index in [0.717, 1.165) is 18.2 Å². The van der Waals surface area contributed by atoms with Crippen molar-refractivity contribution in [2.24, 2.45) is 0 Å². The highest BCUT2D eigenvalue weighted by Crippen LogP contribution is 2.55. The van der Waals surface area contributed by atoms with E-state index in [9.17, 15) is 84.3 Å². The third kappa shape index (κ3) is 22.9. The van der Waals surface area contributed by atoms with Crippen molar-refractivity contribution >= 4 is 107 Å². The van der Waals surface area contributed by atoms with Crippen LogP contribution in [-0.2, 0) is 133 Å². The number of ketones is 1. The molecule has 4 aromatic carbocycles. The summed E-state index contributed by atoms with van der Waals surface area (Å²) in [5.74, 6) is -5.08. The van der Waals surface area contributed by atoms with Gasteiger partial charge >= 0.3 is 5.97 Å². The zero-order chi connectivity index (χ0) is 77.1.